The number of fused-ring (bicyclic) bond motifs is 4. The van der Waals surface area contributed by atoms with Crippen molar-refractivity contribution in [3.63, 3.8) is 0 Å². The van der Waals surface area contributed by atoms with Crippen LogP contribution in [0.5, 0.6) is 0 Å². The molecule has 0 saturated carbocycles. The fourth-order valence-corrected chi connectivity index (χ4v) is 30.3. The van der Waals surface area contributed by atoms with Crippen LogP contribution in [-0.2, 0) is 0 Å². The number of imide groups is 2. The molecule has 10 nitrogen and oxygen atoms in total. The average Bonchev–Trinajstić information content (AvgIpc) is 4.23. The number of nitrogens with zero attached hydrogens (tertiary/aromatic N) is 6. The molecule has 2 atom stereocenters. The molecule has 4 aromatic heterocycles. The molecule has 370 valence electrons. The normalized spacial score (nSPS) is 14.0. The van der Waals surface area contributed by atoms with Gasteiger partial charge in [0.25, 0.3) is 23.6 Å². The molecule has 0 unspecified atom stereocenters. The van der Waals surface area contributed by atoms with E-state index in [-0.39, 0.29) is 28.8 Å². The molecule has 6 heterocycles. The van der Waals surface area contributed by atoms with Gasteiger partial charge in [0, 0.05) is 28.1 Å². The molecule has 0 radical (unpaired) electrons. The van der Waals surface area contributed by atoms with Gasteiger partial charge in [-0.2, -0.15) is 0 Å². The van der Waals surface area contributed by atoms with Crippen molar-refractivity contribution in [2.24, 2.45) is 0 Å². The zero-order valence-corrected chi connectivity index (χ0v) is 47.6. The summed E-state index contributed by atoms with van der Waals surface area (Å²) in [6.45, 7) is 10.6. The maximum absolute atomic E-state index is 13.0. The number of thiazole rings is 2. The molecule has 10 rings (SSSR count). The summed E-state index contributed by atoms with van der Waals surface area (Å²) in [6.07, 6.45) is 12.4. The van der Waals surface area contributed by atoms with Crippen LogP contribution >= 0.6 is 57.5 Å². The number of rotatable bonds is 15. The van der Waals surface area contributed by atoms with E-state index in [1.165, 1.54) is 59.7 Å². The zero-order chi connectivity index (χ0) is 51.1. The smallest absolute Gasteiger partial charge is 0.262 e. The van der Waals surface area contributed by atoms with Crippen molar-refractivity contribution in [1.29, 1.82) is 0 Å². The Labute approximate surface area is 447 Å². The van der Waals surface area contributed by atoms with Crippen LogP contribution in [0, 0.1) is 0 Å². The molecule has 0 spiro atoms. The number of hydrogen-bond acceptors (Lipinski definition) is 10. The third-order valence-corrected chi connectivity index (χ3v) is 34.3. The van der Waals surface area contributed by atoms with Crippen molar-refractivity contribution < 1.29 is 19.2 Å². The Morgan fingerprint density at radius 3 is 1.40 bits per heavy atom. The Morgan fingerprint density at radius 1 is 0.542 bits per heavy atom. The largest absolute Gasteiger partial charge is 0.269 e. The Kier molecular flexibility index (Phi) is 17.6. The van der Waals surface area contributed by atoms with Gasteiger partial charge < -0.3 is 0 Å². The van der Waals surface area contributed by atoms with Crippen LogP contribution in [0.4, 0.5) is 0 Å². The van der Waals surface area contributed by atoms with E-state index in [2.05, 4.69) is 47.4 Å². The fourth-order valence-electron chi connectivity index (χ4n) is 9.64. The molecule has 2 aliphatic rings. The summed E-state index contributed by atoms with van der Waals surface area (Å²) in [5.74, 6) is -1.23. The van der Waals surface area contributed by atoms with Crippen LogP contribution < -0.4 is 2.89 Å². The predicted octanol–water partition coefficient (Wildman–Crippen LogP) is 15.5. The number of pyridine rings is 2. The Morgan fingerprint density at radius 2 is 0.972 bits per heavy atom. The molecule has 72 heavy (non-hydrogen) atoms. The minimum Gasteiger partial charge on any atom is -0.269 e. The fraction of sp³-hybridized carbons (Fsp3) is 0.286. The van der Waals surface area contributed by atoms with Crippen LogP contribution in [0.3, 0.4) is 0 Å². The summed E-state index contributed by atoms with van der Waals surface area (Å²) >= 11 is 20.2. The predicted molar refractivity (Wildman–Crippen MR) is 297 cm³/mol. The second-order valence-electron chi connectivity index (χ2n) is 18.1. The first-order valence-electron chi connectivity index (χ1n) is 24.4. The first-order chi connectivity index (χ1) is 34.8. The third kappa shape index (κ3) is 10.9. The second-order valence-corrected chi connectivity index (χ2v) is 35.3. The van der Waals surface area contributed by atoms with Crippen LogP contribution in [0.2, 0.25) is 28.5 Å². The van der Waals surface area contributed by atoms with E-state index in [1.807, 2.05) is 54.7 Å². The van der Waals surface area contributed by atoms with Crippen LogP contribution in [0.1, 0.15) is 138 Å². The van der Waals surface area contributed by atoms with Gasteiger partial charge in [-0.15, -0.1) is 11.3 Å². The van der Waals surface area contributed by atoms with E-state index in [0.29, 0.717) is 54.6 Å². The molecule has 2 aliphatic heterocycles. The quantitative estimate of drug-likeness (QED) is 0.0564. The number of unbranched alkanes of at least 4 members (excludes halogenated alkanes) is 3. The summed E-state index contributed by atoms with van der Waals surface area (Å²) in [5, 5.41) is 2.93. The number of para-hydroxylation sites is 2. The van der Waals surface area contributed by atoms with E-state index < -0.39 is 30.5 Å². The maximum Gasteiger partial charge on any atom is 0.262 e. The number of hydrogen-bond donors (Lipinski definition) is 0. The number of halogens is 3. The third-order valence-electron chi connectivity index (χ3n) is 13.6. The molecule has 4 aromatic carbocycles. The molecule has 0 fully saturated rings. The molecular weight excluding hydrogens is 1110 g/mol. The molecule has 0 saturated heterocycles. The van der Waals surface area contributed by atoms with Crippen LogP contribution in [-0.4, -0.2) is 71.7 Å². The summed E-state index contributed by atoms with van der Waals surface area (Å²) in [6, 6.07) is 27.4. The van der Waals surface area contributed by atoms with Gasteiger partial charge in [0.05, 0.1) is 71.5 Å². The molecule has 0 bridgehead atoms. The summed E-state index contributed by atoms with van der Waals surface area (Å²) in [5.41, 5.74) is 8.79. The van der Waals surface area contributed by atoms with Crippen LogP contribution in [0.25, 0.3) is 32.4 Å². The molecule has 0 N–H and O–H groups in total. The Balaban J connectivity index is 0.000000149. The average molecular weight is 1170 g/mol. The van der Waals surface area contributed by atoms with Crippen molar-refractivity contribution in [1.82, 2.24) is 29.7 Å². The maximum atomic E-state index is 13.0. The van der Waals surface area contributed by atoms with Gasteiger partial charge in [-0.05, 0) is 62.4 Å². The SMILES string of the molecule is CCC[CH2][Sn]([CH2]CCC)([CH2]CCC)[c]1cncs1.C[C@@H](c1cc2cccc(Cl)c2nc1-c1cncs1)N1C(=O)c2ccccc2C1=O.C[C@@H](c1cc2cccc(Cl)c2nc1Cl)N1C(=O)c2ccccc2C1=O. The van der Waals surface area contributed by atoms with E-state index in [9.17, 15) is 19.2 Å². The van der Waals surface area contributed by atoms with Gasteiger partial charge in [0.2, 0.25) is 0 Å². The number of carbonyl (C=O) groups excluding carboxylic acids is 4. The number of amides is 4. The summed E-state index contributed by atoms with van der Waals surface area (Å²) < 4.78 is 6.44. The number of benzene rings is 4. The topological polar surface area (TPSA) is 126 Å². The van der Waals surface area contributed by atoms with Gasteiger partial charge in [0.1, 0.15) is 5.15 Å². The number of carbonyl (C=O) groups is 4. The standard InChI is InChI=1S/C22H14ClN3O2S.C19H12Cl2N2O2.3C4H9.C3H2NS.Sn/c1-12(26-21(27)14-6-2-3-7-15(14)22(26)28)16-9-13-5-4-8-17(23)19(13)25-20(16)18-10-24-11-29-18;1-10(23-18(24)12-6-2-3-7-13(12)19(23)25)14-9-11-5-4-8-15(20)16(11)22-17(14)21;3*1-3-4-2;1-2-5-3-4-1;/h2-12H,1H3;2-10H,1H3;3*1,3-4H2,2H3;1,3H;/t12-;10-;;;;;/m00...../s1. The van der Waals surface area contributed by atoms with E-state index in [1.54, 1.807) is 95.5 Å². The van der Waals surface area contributed by atoms with E-state index in [0.717, 1.165) is 21.2 Å². The summed E-state index contributed by atoms with van der Waals surface area (Å²) in [7, 11) is 0. The van der Waals surface area contributed by atoms with Crippen molar-refractivity contribution in [2.45, 2.75) is 98.5 Å². The van der Waals surface area contributed by atoms with Gasteiger partial charge in [-0.25, -0.2) is 9.97 Å². The minimum atomic E-state index is -2.08. The molecule has 0 aliphatic carbocycles. The monoisotopic (exact) mass is 1160 g/mol. The Bertz CT molecular complexity index is 3170. The Hall–Kier alpha value is -5.09. The van der Waals surface area contributed by atoms with Gasteiger partial charge in [-0.1, -0.05) is 83.3 Å². The van der Waals surface area contributed by atoms with Crippen LogP contribution in [0.15, 0.2) is 120 Å². The van der Waals surface area contributed by atoms with Gasteiger partial charge in [-0.3, -0.25) is 34.0 Å². The molecule has 4 amide bonds. The molecular formula is C56H55Cl3N6O4S2Sn. The minimum absolute atomic E-state index is 0.227. The zero-order valence-electron chi connectivity index (χ0n) is 40.8. The second kappa shape index (κ2) is 23.8. The van der Waals surface area contributed by atoms with Gasteiger partial charge in [0.15, 0.2) is 0 Å². The van der Waals surface area contributed by atoms with E-state index in [4.69, 9.17) is 39.8 Å². The first-order valence-corrected chi connectivity index (χ1v) is 34.8. The van der Waals surface area contributed by atoms with Crippen molar-refractivity contribution in [3.8, 4) is 10.6 Å². The summed E-state index contributed by atoms with van der Waals surface area (Å²) in [4.78, 5) is 72.4. The molecule has 16 heteroatoms. The van der Waals surface area contributed by atoms with Crippen molar-refractivity contribution in [3.05, 3.63) is 169 Å². The van der Waals surface area contributed by atoms with Gasteiger partial charge >= 0.3 is 122 Å². The van der Waals surface area contributed by atoms with E-state index >= 15 is 0 Å². The first kappa shape index (κ1) is 53.2. The molecule has 8 aromatic rings. The van der Waals surface area contributed by atoms with Crippen molar-refractivity contribution >= 4 is 124 Å². The van der Waals surface area contributed by atoms with Crippen molar-refractivity contribution in [2.75, 3.05) is 0 Å². The number of aromatic nitrogens is 4.